The molecule has 0 saturated carbocycles. The largest absolute Gasteiger partial charge is 0.478 e. The summed E-state index contributed by atoms with van der Waals surface area (Å²) in [5.74, 6) is -1.02. The Bertz CT molecular complexity index is 683. The summed E-state index contributed by atoms with van der Waals surface area (Å²) >= 11 is 0. The zero-order valence-electron chi connectivity index (χ0n) is 12.3. The summed E-state index contributed by atoms with van der Waals surface area (Å²) in [4.78, 5) is 22.7. The number of carboxylic acids is 1. The van der Waals surface area contributed by atoms with Gasteiger partial charge in [-0.25, -0.2) is 9.59 Å². The van der Waals surface area contributed by atoms with Crippen molar-refractivity contribution in [3.63, 3.8) is 0 Å². The number of benzene rings is 2. The van der Waals surface area contributed by atoms with Crippen molar-refractivity contribution >= 4 is 17.7 Å². The second-order valence-corrected chi connectivity index (χ2v) is 4.94. The Morgan fingerprint density at radius 3 is 2.59 bits per heavy atom. The minimum absolute atomic E-state index is 0.137. The number of carbonyl (C=O) groups is 2. The van der Waals surface area contributed by atoms with Crippen LogP contribution in [0.2, 0.25) is 0 Å². The number of anilines is 1. The van der Waals surface area contributed by atoms with Crippen molar-refractivity contribution in [2.24, 2.45) is 0 Å². The van der Waals surface area contributed by atoms with E-state index in [1.807, 2.05) is 31.2 Å². The molecule has 5 heteroatoms. The Labute approximate surface area is 129 Å². The predicted octanol–water partition coefficient (Wildman–Crippen LogP) is 3.06. The Kier molecular flexibility index (Phi) is 5.14. The first-order valence-corrected chi connectivity index (χ1v) is 6.99. The number of nitrogens with one attached hydrogen (secondary N) is 2. The van der Waals surface area contributed by atoms with Gasteiger partial charge >= 0.3 is 12.0 Å². The van der Waals surface area contributed by atoms with Gasteiger partial charge in [-0.3, -0.25) is 0 Å². The number of amides is 2. The smallest absolute Gasteiger partial charge is 0.335 e. The number of hydrogen-bond acceptors (Lipinski definition) is 2. The molecule has 0 heterocycles. The molecule has 2 rings (SSSR count). The summed E-state index contributed by atoms with van der Waals surface area (Å²) in [6.07, 6.45) is 0.745. The third-order valence-electron chi connectivity index (χ3n) is 3.31. The van der Waals surface area contributed by atoms with Crippen LogP contribution in [0.25, 0.3) is 0 Å². The maximum atomic E-state index is 11.8. The normalized spacial score (nSPS) is 10.0. The molecule has 3 N–H and O–H groups in total. The molecule has 0 atom stereocenters. The Hall–Kier alpha value is -2.82. The first-order valence-electron chi connectivity index (χ1n) is 6.99. The second-order valence-electron chi connectivity index (χ2n) is 4.94. The van der Waals surface area contributed by atoms with E-state index in [-0.39, 0.29) is 11.6 Å². The van der Waals surface area contributed by atoms with Crippen LogP contribution in [-0.4, -0.2) is 23.7 Å². The molecule has 2 aromatic rings. The first-order chi connectivity index (χ1) is 10.6. The third kappa shape index (κ3) is 4.34. The Morgan fingerprint density at radius 2 is 1.86 bits per heavy atom. The molecule has 0 radical (unpaired) electrons. The van der Waals surface area contributed by atoms with Crippen molar-refractivity contribution in [1.82, 2.24) is 5.32 Å². The molecule has 0 aromatic heterocycles. The lowest BCUT2D eigenvalue weighted by molar-refractivity contribution is 0.0697. The monoisotopic (exact) mass is 298 g/mol. The van der Waals surface area contributed by atoms with Crippen molar-refractivity contribution in [1.29, 1.82) is 0 Å². The van der Waals surface area contributed by atoms with Gasteiger partial charge < -0.3 is 15.7 Å². The number of urea groups is 1. The fourth-order valence-corrected chi connectivity index (χ4v) is 2.11. The molecule has 0 spiro atoms. The van der Waals surface area contributed by atoms with Gasteiger partial charge in [0.15, 0.2) is 0 Å². The molecule has 114 valence electrons. The lowest BCUT2D eigenvalue weighted by Gasteiger charge is -2.09. The number of carbonyl (C=O) groups excluding carboxylic acids is 1. The zero-order valence-corrected chi connectivity index (χ0v) is 12.3. The summed E-state index contributed by atoms with van der Waals surface area (Å²) in [6, 6.07) is 13.8. The van der Waals surface area contributed by atoms with Crippen molar-refractivity contribution in [2.45, 2.75) is 13.3 Å². The molecule has 0 bridgehead atoms. The van der Waals surface area contributed by atoms with Gasteiger partial charge in [0.25, 0.3) is 0 Å². The van der Waals surface area contributed by atoms with E-state index >= 15 is 0 Å². The van der Waals surface area contributed by atoms with Crippen LogP contribution in [0.3, 0.4) is 0 Å². The van der Waals surface area contributed by atoms with Crippen LogP contribution in [0, 0.1) is 6.92 Å². The van der Waals surface area contributed by atoms with E-state index in [1.54, 1.807) is 12.1 Å². The van der Waals surface area contributed by atoms with E-state index in [0.29, 0.717) is 12.2 Å². The second kappa shape index (κ2) is 7.26. The Balaban J connectivity index is 1.84. The van der Waals surface area contributed by atoms with Gasteiger partial charge in [0.2, 0.25) is 0 Å². The third-order valence-corrected chi connectivity index (χ3v) is 3.31. The molecule has 0 aliphatic carbocycles. The molecular formula is C17H18N2O3. The van der Waals surface area contributed by atoms with Crippen molar-refractivity contribution < 1.29 is 14.7 Å². The van der Waals surface area contributed by atoms with Gasteiger partial charge in [-0.2, -0.15) is 0 Å². The van der Waals surface area contributed by atoms with Gasteiger partial charge in [0.1, 0.15) is 0 Å². The van der Waals surface area contributed by atoms with Crippen molar-refractivity contribution in [3.8, 4) is 0 Å². The van der Waals surface area contributed by atoms with Crippen LogP contribution in [0.4, 0.5) is 10.5 Å². The van der Waals surface area contributed by atoms with E-state index in [2.05, 4.69) is 10.6 Å². The molecule has 0 saturated heterocycles. The number of aromatic carboxylic acids is 1. The predicted molar refractivity (Wildman–Crippen MR) is 85.3 cm³/mol. The highest BCUT2D eigenvalue weighted by molar-refractivity contribution is 5.93. The van der Waals surface area contributed by atoms with E-state index in [4.69, 9.17) is 5.11 Å². The van der Waals surface area contributed by atoms with Crippen LogP contribution < -0.4 is 10.6 Å². The molecule has 0 unspecified atom stereocenters. The van der Waals surface area contributed by atoms with Gasteiger partial charge in [-0.15, -0.1) is 0 Å². The highest BCUT2D eigenvalue weighted by Gasteiger charge is 2.06. The lowest BCUT2D eigenvalue weighted by Crippen LogP contribution is -2.30. The first kappa shape index (κ1) is 15.6. The van der Waals surface area contributed by atoms with Crippen LogP contribution in [0.5, 0.6) is 0 Å². The Morgan fingerprint density at radius 1 is 1.09 bits per heavy atom. The average Bonchev–Trinajstić information content (AvgIpc) is 2.49. The molecule has 2 aromatic carbocycles. The maximum absolute atomic E-state index is 11.8. The van der Waals surface area contributed by atoms with E-state index in [1.165, 1.54) is 23.3 Å². The lowest BCUT2D eigenvalue weighted by atomic mass is 10.1. The topological polar surface area (TPSA) is 78.4 Å². The fourth-order valence-electron chi connectivity index (χ4n) is 2.11. The summed E-state index contributed by atoms with van der Waals surface area (Å²) < 4.78 is 0. The maximum Gasteiger partial charge on any atom is 0.335 e. The minimum Gasteiger partial charge on any atom is -0.478 e. The molecule has 5 nitrogen and oxygen atoms in total. The van der Waals surface area contributed by atoms with Gasteiger partial charge in [-0.05, 0) is 42.7 Å². The van der Waals surface area contributed by atoms with E-state index in [9.17, 15) is 9.59 Å². The summed E-state index contributed by atoms with van der Waals surface area (Å²) in [5.41, 5.74) is 2.97. The average molecular weight is 298 g/mol. The summed E-state index contributed by atoms with van der Waals surface area (Å²) in [5, 5.41) is 14.3. The SMILES string of the molecule is Cc1ccccc1CCNC(=O)Nc1cccc(C(=O)O)c1. The quantitative estimate of drug-likeness (QED) is 0.794. The summed E-state index contributed by atoms with van der Waals surface area (Å²) in [7, 11) is 0. The molecule has 22 heavy (non-hydrogen) atoms. The van der Waals surface area contributed by atoms with Crippen LogP contribution in [0.15, 0.2) is 48.5 Å². The van der Waals surface area contributed by atoms with Crippen LogP contribution in [0.1, 0.15) is 21.5 Å². The number of aryl methyl sites for hydroxylation is 1. The standard InChI is InChI=1S/C17H18N2O3/c1-12-5-2-3-6-13(12)9-10-18-17(22)19-15-8-4-7-14(11-15)16(20)21/h2-8,11H,9-10H2,1H3,(H,20,21)(H2,18,19,22). The highest BCUT2D eigenvalue weighted by atomic mass is 16.4. The minimum atomic E-state index is -1.02. The van der Waals surface area contributed by atoms with Crippen LogP contribution >= 0.6 is 0 Å². The zero-order chi connectivity index (χ0) is 15.9. The number of carboxylic acid groups (broad SMARTS) is 1. The van der Waals surface area contributed by atoms with E-state index in [0.717, 1.165) is 6.42 Å². The fraction of sp³-hybridized carbons (Fsp3) is 0.176. The van der Waals surface area contributed by atoms with Gasteiger partial charge in [0.05, 0.1) is 5.56 Å². The van der Waals surface area contributed by atoms with Crippen molar-refractivity contribution in [2.75, 3.05) is 11.9 Å². The molecular weight excluding hydrogens is 280 g/mol. The number of hydrogen-bond donors (Lipinski definition) is 3. The molecule has 0 aliphatic rings. The van der Waals surface area contributed by atoms with Gasteiger partial charge in [-0.1, -0.05) is 30.3 Å². The number of rotatable bonds is 5. The van der Waals surface area contributed by atoms with E-state index < -0.39 is 5.97 Å². The molecule has 0 fully saturated rings. The highest BCUT2D eigenvalue weighted by Crippen LogP contribution is 2.10. The molecule has 0 aliphatic heterocycles. The van der Waals surface area contributed by atoms with Crippen molar-refractivity contribution in [3.05, 3.63) is 65.2 Å². The molecule has 2 amide bonds. The van der Waals surface area contributed by atoms with Gasteiger partial charge in [0, 0.05) is 12.2 Å². The summed E-state index contributed by atoms with van der Waals surface area (Å²) in [6.45, 7) is 2.54. The van der Waals surface area contributed by atoms with Crippen LogP contribution in [-0.2, 0) is 6.42 Å².